The van der Waals surface area contributed by atoms with Gasteiger partial charge in [0.1, 0.15) is 17.3 Å². The molecule has 0 fully saturated rings. The zero-order chi connectivity index (χ0) is 42.9. The maximum absolute atomic E-state index is 8.81. The van der Waals surface area contributed by atoms with Gasteiger partial charge < -0.3 is 4.74 Å². The fourth-order valence-corrected chi connectivity index (χ4v) is 6.46. The predicted octanol–water partition coefficient (Wildman–Crippen LogP) is 10.7. The van der Waals surface area contributed by atoms with Crippen LogP contribution < -0.4 is 9.30 Å². The number of benzene rings is 6. The molecular formula is C46H34N4O. The Kier molecular flexibility index (Phi) is 5.43. The first-order valence-electron chi connectivity index (χ1n) is 21.4. The van der Waals surface area contributed by atoms with Gasteiger partial charge in [-0.2, -0.15) is 0 Å². The second-order valence-electron chi connectivity index (χ2n) is 11.8. The molecule has 0 saturated carbocycles. The van der Waals surface area contributed by atoms with Gasteiger partial charge in [0.15, 0.2) is 0 Å². The summed E-state index contributed by atoms with van der Waals surface area (Å²) in [7, 11) is 0. The van der Waals surface area contributed by atoms with Gasteiger partial charge in [-0.05, 0) is 82.8 Å². The van der Waals surface area contributed by atoms with Crippen molar-refractivity contribution in [2.45, 2.75) is 13.3 Å². The van der Waals surface area contributed by atoms with Crippen LogP contribution in [0.15, 0.2) is 176 Å². The molecule has 9 rings (SSSR count). The summed E-state index contributed by atoms with van der Waals surface area (Å²) < 4.78 is 97.1. The van der Waals surface area contributed by atoms with Gasteiger partial charge in [-0.15, -0.1) is 0 Å². The fourth-order valence-electron chi connectivity index (χ4n) is 6.46. The van der Waals surface area contributed by atoms with Gasteiger partial charge >= 0.3 is 0 Å². The van der Waals surface area contributed by atoms with Crippen LogP contribution in [-0.4, -0.2) is 14.1 Å². The van der Waals surface area contributed by atoms with Crippen molar-refractivity contribution in [2.75, 3.05) is 0 Å². The summed E-state index contributed by atoms with van der Waals surface area (Å²) in [6.07, 6.45) is 9.29. The van der Waals surface area contributed by atoms with Crippen molar-refractivity contribution in [3.63, 3.8) is 0 Å². The molecule has 0 atom stereocenters. The SMILES string of the molecule is [2H]c1c([2H])c([2H])c(-c2cccc(-c3c([2H])c([2H])c([2H])c([2H])c3[2H])c2-[n+]2[c-]n(-c3cccc(Oc4ccc5c6ccccc6n(-c6cc(CC)ccn6)c5c4)c3)cc2)c([2H])c1[2H]. The van der Waals surface area contributed by atoms with Gasteiger partial charge in [0, 0.05) is 35.4 Å². The quantitative estimate of drug-likeness (QED) is 0.119. The molecule has 9 aromatic rings. The fraction of sp³-hybridized carbons (Fsp3) is 0.0435. The number of ether oxygens (including phenoxy) is 1. The van der Waals surface area contributed by atoms with Crippen LogP contribution in [0.25, 0.3) is 61.3 Å². The lowest BCUT2D eigenvalue weighted by atomic mass is 9.96. The number of hydrogen-bond donors (Lipinski definition) is 0. The van der Waals surface area contributed by atoms with Gasteiger partial charge in [-0.1, -0.05) is 110 Å². The smallest absolute Gasteiger partial charge is 0.268 e. The number of fused-ring (bicyclic) bond motifs is 3. The summed E-state index contributed by atoms with van der Waals surface area (Å²) in [5.74, 6) is 1.94. The van der Waals surface area contributed by atoms with Crippen LogP contribution in [0.1, 0.15) is 26.2 Å². The van der Waals surface area contributed by atoms with Crippen LogP contribution in [-0.2, 0) is 6.42 Å². The van der Waals surface area contributed by atoms with Crippen molar-refractivity contribution < 1.29 is 23.0 Å². The molecule has 3 heterocycles. The Balaban J connectivity index is 1.15. The molecular weight excluding hydrogens is 625 g/mol. The van der Waals surface area contributed by atoms with E-state index in [9.17, 15) is 0 Å². The first kappa shape index (κ1) is 21.4. The number of nitrogens with zero attached hydrogens (tertiary/aromatic N) is 4. The van der Waals surface area contributed by atoms with E-state index < -0.39 is 60.4 Å². The van der Waals surface area contributed by atoms with E-state index in [2.05, 4.69) is 36.0 Å². The highest BCUT2D eigenvalue weighted by molar-refractivity contribution is 6.09. The van der Waals surface area contributed by atoms with Crippen LogP contribution in [0.4, 0.5) is 0 Å². The second kappa shape index (κ2) is 13.0. The van der Waals surface area contributed by atoms with Crippen LogP contribution in [0.3, 0.4) is 0 Å². The molecule has 5 heteroatoms. The Morgan fingerprint density at radius 2 is 1.41 bits per heavy atom. The molecule has 0 aliphatic carbocycles. The van der Waals surface area contributed by atoms with Crippen LogP contribution >= 0.6 is 0 Å². The van der Waals surface area contributed by atoms with E-state index in [0.717, 1.165) is 34.0 Å². The van der Waals surface area contributed by atoms with E-state index in [1.807, 2.05) is 66.9 Å². The number of hydrogen-bond acceptors (Lipinski definition) is 2. The lowest BCUT2D eigenvalue weighted by molar-refractivity contribution is -0.598. The Labute approximate surface area is 311 Å². The summed E-state index contributed by atoms with van der Waals surface area (Å²) >= 11 is 0. The molecule has 0 N–H and O–H groups in total. The van der Waals surface area contributed by atoms with E-state index >= 15 is 0 Å². The van der Waals surface area contributed by atoms with E-state index in [4.69, 9.17) is 23.4 Å². The van der Waals surface area contributed by atoms with Crippen molar-refractivity contribution in [2.24, 2.45) is 0 Å². The average molecular weight is 669 g/mol. The van der Waals surface area contributed by atoms with Crippen LogP contribution in [0, 0.1) is 6.33 Å². The molecule has 5 nitrogen and oxygen atoms in total. The van der Waals surface area contributed by atoms with E-state index in [1.165, 1.54) is 10.1 Å². The highest BCUT2D eigenvalue weighted by Gasteiger charge is 2.17. The Morgan fingerprint density at radius 1 is 0.706 bits per heavy atom. The van der Waals surface area contributed by atoms with Gasteiger partial charge in [-0.3, -0.25) is 13.7 Å². The maximum atomic E-state index is 8.81. The molecule has 0 radical (unpaired) electrons. The maximum Gasteiger partial charge on any atom is 0.268 e. The Bertz CT molecular complexity index is 3100. The molecule has 0 amide bonds. The molecule has 0 aliphatic heterocycles. The summed E-state index contributed by atoms with van der Waals surface area (Å²) in [5, 5.41) is 2.15. The first-order valence-corrected chi connectivity index (χ1v) is 16.4. The third-order valence-corrected chi connectivity index (χ3v) is 8.82. The van der Waals surface area contributed by atoms with Gasteiger partial charge in [0.25, 0.3) is 6.33 Å². The molecule has 244 valence electrons. The molecule has 0 bridgehead atoms. The van der Waals surface area contributed by atoms with E-state index in [0.29, 0.717) is 17.2 Å². The second-order valence-corrected chi connectivity index (χ2v) is 11.8. The third-order valence-electron chi connectivity index (χ3n) is 8.82. The van der Waals surface area contributed by atoms with E-state index in [-0.39, 0.29) is 27.9 Å². The Hall–Kier alpha value is -6.72. The van der Waals surface area contributed by atoms with Crippen molar-refractivity contribution in [3.8, 4) is 50.9 Å². The molecule has 0 unspecified atom stereocenters. The molecule has 0 aliphatic rings. The number of aryl methyl sites for hydroxylation is 1. The Morgan fingerprint density at radius 3 is 2.18 bits per heavy atom. The van der Waals surface area contributed by atoms with Crippen molar-refractivity contribution in [1.82, 2.24) is 14.1 Å². The minimum absolute atomic E-state index is 0.121. The summed E-state index contributed by atoms with van der Waals surface area (Å²) in [4.78, 5) is 4.73. The van der Waals surface area contributed by atoms with Crippen LogP contribution in [0.2, 0.25) is 0 Å². The summed E-state index contributed by atoms with van der Waals surface area (Å²) in [5.41, 5.74) is 4.05. The van der Waals surface area contributed by atoms with Crippen LogP contribution in [0.5, 0.6) is 11.5 Å². The third kappa shape index (κ3) is 5.65. The zero-order valence-electron chi connectivity index (χ0n) is 37.4. The topological polar surface area (TPSA) is 35.9 Å². The summed E-state index contributed by atoms with van der Waals surface area (Å²) in [6.45, 7) is 2.11. The molecule has 0 spiro atoms. The van der Waals surface area contributed by atoms with E-state index in [1.54, 1.807) is 35.2 Å². The largest absolute Gasteiger partial charge is 0.458 e. The minimum Gasteiger partial charge on any atom is -0.458 e. The van der Waals surface area contributed by atoms with Crippen molar-refractivity contribution >= 4 is 21.8 Å². The van der Waals surface area contributed by atoms with Crippen molar-refractivity contribution in [3.05, 3.63) is 188 Å². The molecule has 6 aromatic carbocycles. The molecule has 3 aromatic heterocycles. The number of imidazole rings is 1. The monoisotopic (exact) mass is 668 g/mol. The standard InChI is InChI=1S/C46H34N4O/c1-2-33-25-26-47-45(29-33)50-43-22-10-9-19-41(43)42-24-23-38(31-44(42)50)51-37-18-11-17-36(30-37)48-27-28-49(32-48)46-39(34-13-5-3-6-14-34)20-12-21-40(46)35-15-7-4-8-16-35/h3-31H,2H2,1H3/i3D,4D,5D,6D,7D,8D,13D,14D,15D,16D. The lowest BCUT2D eigenvalue weighted by Gasteiger charge is -2.16. The highest BCUT2D eigenvalue weighted by atomic mass is 16.5. The normalized spacial score (nSPS) is 14.1. The number of aromatic nitrogens is 4. The van der Waals surface area contributed by atoms with Gasteiger partial charge in [-0.25, -0.2) is 4.98 Å². The summed E-state index contributed by atoms with van der Waals surface area (Å²) in [6, 6.07) is 25.2. The highest BCUT2D eigenvalue weighted by Crippen LogP contribution is 2.36. The molecule has 0 saturated heterocycles. The number of rotatable bonds is 8. The average Bonchev–Trinajstić information content (AvgIpc) is 3.90. The lowest BCUT2D eigenvalue weighted by Crippen LogP contribution is -2.30. The minimum atomic E-state index is -0.560. The van der Waals surface area contributed by atoms with Gasteiger partial charge in [0.2, 0.25) is 0 Å². The number of para-hydroxylation sites is 2. The molecule has 51 heavy (non-hydrogen) atoms. The number of pyridine rings is 1. The van der Waals surface area contributed by atoms with Gasteiger partial charge in [0.05, 0.1) is 36.1 Å². The zero-order valence-corrected chi connectivity index (χ0v) is 27.4. The predicted molar refractivity (Wildman–Crippen MR) is 205 cm³/mol. The first-order chi connectivity index (χ1) is 29.4. The van der Waals surface area contributed by atoms with Crippen molar-refractivity contribution in [1.29, 1.82) is 0 Å².